The lowest BCUT2D eigenvalue weighted by Gasteiger charge is -2.36. The van der Waals surface area contributed by atoms with Gasteiger partial charge in [0.2, 0.25) is 10.0 Å². The van der Waals surface area contributed by atoms with E-state index in [9.17, 15) is 23.1 Å². The van der Waals surface area contributed by atoms with Crippen molar-refractivity contribution in [2.45, 2.75) is 37.1 Å². The number of carbonyl (C=O) groups is 2. The van der Waals surface area contributed by atoms with Gasteiger partial charge in [-0.3, -0.25) is 9.59 Å². The molecule has 0 bridgehead atoms. The first-order valence-electron chi connectivity index (χ1n) is 8.20. The molecule has 0 amide bonds. The molecule has 2 atom stereocenters. The number of nitrogens with zero attached hydrogens (tertiary/aromatic N) is 1. The number of rotatable bonds is 6. The Hall–Kier alpha value is -2.13. The Balaban J connectivity index is 2.47. The average molecular weight is 385 g/mol. The SMILES string of the molecule is COC(=O)Cc1cc(OC)ccc1S(=O)(=O)N1CCC[C@H](C(=O)O)[C@@H]1C. The van der Waals surface area contributed by atoms with Crippen LogP contribution in [-0.2, 0) is 30.8 Å². The second-order valence-corrected chi connectivity index (χ2v) is 8.03. The van der Waals surface area contributed by atoms with Gasteiger partial charge in [-0.25, -0.2) is 8.42 Å². The number of hydrogen-bond acceptors (Lipinski definition) is 6. The average Bonchev–Trinajstić information content (AvgIpc) is 2.60. The summed E-state index contributed by atoms with van der Waals surface area (Å²) in [6.45, 7) is 1.83. The van der Waals surface area contributed by atoms with Crippen LogP contribution in [-0.4, -0.2) is 56.6 Å². The molecule has 0 aromatic heterocycles. The smallest absolute Gasteiger partial charge is 0.310 e. The first-order chi connectivity index (χ1) is 12.2. The Morgan fingerprint density at radius 1 is 1.31 bits per heavy atom. The number of sulfonamides is 1. The molecule has 0 spiro atoms. The largest absolute Gasteiger partial charge is 0.497 e. The molecular formula is C17H23NO7S. The van der Waals surface area contributed by atoms with Gasteiger partial charge >= 0.3 is 11.9 Å². The fourth-order valence-electron chi connectivity index (χ4n) is 3.21. The van der Waals surface area contributed by atoms with Crippen LogP contribution in [0.2, 0.25) is 0 Å². The Morgan fingerprint density at radius 2 is 2.00 bits per heavy atom. The van der Waals surface area contributed by atoms with E-state index in [0.717, 1.165) is 0 Å². The quantitative estimate of drug-likeness (QED) is 0.735. The number of methoxy groups -OCH3 is 2. The van der Waals surface area contributed by atoms with Gasteiger partial charge in [-0.15, -0.1) is 0 Å². The molecule has 26 heavy (non-hydrogen) atoms. The summed E-state index contributed by atoms with van der Waals surface area (Å²) in [7, 11) is -1.32. The number of piperidine rings is 1. The molecule has 0 saturated carbocycles. The van der Waals surface area contributed by atoms with E-state index in [4.69, 9.17) is 4.74 Å². The normalized spacial score (nSPS) is 21.2. The Morgan fingerprint density at radius 3 is 2.58 bits per heavy atom. The maximum Gasteiger partial charge on any atom is 0.310 e. The molecule has 2 rings (SSSR count). The molecular weight excluding hydrogens is 362 g/mol. The number of hydrogen-bond donors (Lipinski definition) is 1. The lowest BCUT2D eigenvalue weighted by molar-refractivity contribution is -0.144. The summed E-state index contributed by atoms with van der Waals surface area (Å²) in [4.78, 5) is 23.1. The monoisotopic (exact) mass is 385 g/mol. The first-order valence-corrected chi connectivity index (χ1v) is 9.64. The van der Waals surface area contributed by atoms with Gasteiger partial charge in [-0.2, -0.15) is 4.31 Å². The van der Waals surface area contributed by atoms with Gasteiger partial charge in [0.1, 0.15) is 5.75 Å². The van der Waals surface area contributed by atoms with Crippen molar-refractivity contribution in [2.75, 3.05) is 20.8 Å². The van der Waals surface area contributed by atoms with Crippen molar-refractivity contribution in [3.05, 3.63) is 23.8 Å². The highest BCUT2D eigenvalue weighted by atomic mass is 32.2. The van der Waals surface area contributed by atoms with E-state index in [-0.39, 0.29) is 23.4 Å². The van der Waals surface area contributed by atoms with Crippen molar-refractivity contribution in [3.63, 3.8) is 0 Å². The fourth-order valence-corrected chi connectivity index (χ4v) is 5.12. The maximum absolute atomic E-state index is 13.2. The van der Waals surface area contributed by atoms with Gasteiger partial charge in [0.15, 0.2) is 0 Å². The molecule has 1 aromatic carbocycles. The number of carbonyl (C=O) groups excluding carboxylic acids is 1. The minimum atomic E-state index is -3.98. The van der Waals surface area contributed by atoms with E-state index in [1.807, 2.05) is 0 Å². The van der Waals surface area contributed by atoms with Crippen LogP contribution in [0.25, 0.3) is 0 Å². The Labute approximate surface area is 152 Å². The predicted octanol–water partition coefficient (Wildman–Crippen LogP) is 1.28. The number of esters is 1. The summed E-state index contributed by atoms with van der Waals surface area (Å²) >= 11 is 0. The van der Waals surface area contributed by atoms with Crippen molar-refractivity contribution >= 4 is 22.0 Å². The van der Waals surface area contributed by atoms with Crippen LogP contribution in [0.15, 0.2) is 23.1 Å². The second-order valence-electron chi connectivity index (χ2n) is 6.17. The summed E-state index contributed by atoms with van der Waals surface area (Å²) in [6, 6.07) is 3.67. The van der Waals surface area contributed by atoms with Crippen LogP contribution in [0.4, 0.5) is 0 Å². The molecule has 9 heteroatoms. The molecule has 1 aromatic rings. The van der Waals surface area contributed by atoms with E-state index >= 15 is 0 Å². The number of carboxylic acid groups (broad SMARTS) is 1. The summed E-state index contributed by atoms with van der Waals surface area (Å²) < 4.78 is 37.4. The lowest BCUT2D eigenvalue weighted by Crippen LogP contribution is -2.49. The predicted molar refractivity (Wildman–Crippen MR) is 92.4 cm³/mol. The minimum absolute atomic E-state index is 0.0402. The number of aliphatic carboxylic acids is 1. The van der Waals surface area contributed by atoms with Crippen LogP contribution in [0.5, 0.6) is 5.75 Å². The van der Waals surface area contributed by atoms with Crippen molar-refractivity contribution < 1.29 is 32.6 Å². The highest BCUT2D eigenvalue weighted by Gasteiger charge is 2.40. The topological polar surface area (TPSA) is 110 Å². The second kappa shape index (κ2) is 8.05. The van der Waals surface area contributed by atoms with Crippen molar-refractivity contribution in [1.82, 2.24) is 4.31 Å². The Kier molecular flexibility index (Phi) is 6.25. The van der Waals surface area contributed by atoms with Crippen LogP contribution in [0, 0.1) is 5.92 Å². The van der Waals surface area contributed by atoms with Crippen molar-refractivity contribution in [3.8, 4) is 5.75 Å². The molecule has 144 valence electrons. The van der Waals surface area contributed by atoms with Crippen molar-refractivity contribution in [1.29, 1.82) is 0 Å². The van der Waals surface area contributed by atoms with Gasteiger partial charge in [-0.05, 0) is 43.5 Å². The van der Waals surface area contributed by atoms with Gasteiger partial charge in [0.25, 0.3) is 0 Å². The summed E-state index contributed by atoms with van der Waals surface area (Å²) in [5.74, 6) is -1.94. The first kappa shape index (κ1) is 20.2. The summed E-state index contributed by atoms with van der Waals surface area (Å²) in [5.41, 5.74) is 0.251. The van der Waals surface area contributed by atoms with E-state index in [0.29, 0.717) is 18.6 Å². The lowest BCUT2D eigenvalue weighted by atomic mass is 9.92. The third kappa shape index (κ3) is 3.99. The molecule has 1 aliphatic rings. The summed E-state index contributed by atoms with van der Waals surface area (Å²) in [5, 5.41) is 9.34. The molecule has 0 aliphatic carbocycles. The molecule has 1 saturated heterocycles. The highest BCUT2D eigenvalue weighted by molar-refractivity contribution is 7.89. The van der Waals surface area contributed by atoms with Crippen LogP contribution < -0.4 is 4.74 Å². The zero-order valence-corrected chi connectivity index (χ0v) is 15.8. The van der Waals surface area contributed by atoms with E-state index in [2.05, 4.69) is 4.74 Å². The number of carboxylic acids is 1. The zero-order valence-electron chi connectivity index (χ0n) is 15.0. The molecule has 1 fully saturated rings. The van der Waals surface area contributed by atoms with E-state index < -0.39 is 33.9 Å². The minimum Gasteiger partial charge on any atom is -0.497 e. The van der Waals surface area contributed by atoms with E-state index in [1.54, 1.807) is 6.92 Å². The number of ether oxygens (including phenoxy) is 2. The third-order valence-corrected chi connectivity index (χ3v) is 6.75. The van der Waals surface area contributed by atoms with E-state index in [1.165, 1.54) is 36.7 Å². The molecule has 1 N–H and O–H groups in total. The molecule has 1 heterocycles. The molecule has 1 aliphatic heterocycles. The highest BCUT2D eigenvalue weighted by Crippen LogP contribution is 2.32. The van der Waals surface area contributed by atoms with Gasteiger partial charge in [-0.1, -0.05) is 0 Å². The van der Waals surface area contributed by atoms with Gasteiger partial charge in [0, 0.05) is 12.6 Å². The third-order valence-electron chi connectivity index (χ3n) is 4.66. The number of benzene rings is 1. The van der Waals surface area contributed by atoms with Crippen LogP contribution >= 0.6 is 0 Å². The zero-order chi connectivity index (χ0) is 19.5. The maximum atomic E-state index is 13.2. The van der Waals surface area contributed by atoms with Crippen LogP contribution in [0.3, 0.4) is 0 Å². The Bertz CT molecular complexity index is 790. The van der Waals surface area contributed by atoms with Gasteiger partial charge < -0.3 is 14.6 Å². The van der Waals surface area contributed by atoms with Crippen molar-refractivity contribution in [2.24, 2.45) is 5.92 Å². The molecule has 0 radical (unpaired) electrons. The molecule has 8 nitrogen and oxygen atoms in total. The van der Waals surface area contributed by atoms with Gasteiger partial charge in [0.05, 0.1) is 31.5 Å². The standard InChI is InChI=1S/C17H23NO7S/c1-11-14(17(20)21)5-4-8-18(11)26(22,23)15-7-6-13(24-2)9-12(15)10-16(19)25-3/h6-7,9,11,14H,4-5,8,10H2,1-3H3,(H,20,21)/t11-,14-/m0/s1. The van der Waals surface area contributed by atoms with Crippen LogP contribution in [0.1, 0.15) is 25.3 Å². The summed E-state index contributed by atoms with van der Waals surface area (Å²) in [6.07, 6.45) is 0.663. The molecule has 0 unspecified atom stereocenters. The fraction of sp³-hybridized carbons (Fsp3) is 0.529.